The van der Waals surface area contributed by atoms with Crippen molar-refractivity contribution in [1.82, 2.24) is 19.7 Å². The van der Waals surface area contributed by atoms with E-state index in [0.717, 1.165) is 37.7 Å². The summed E-state index contributed by atoms with van der Waals surface area (Å²) in [7, 11) is 2.10. The third-order valence-corrected chi connectivity index (χ3v) is 2.39. The van der Waals surface area contributed by atoms with Gasteiger partial charge in [-0.25, -0.2) is 0 Å². The van der Waals surface area contributed by atoms with Crippen molar-refractivity contribution in [1.29, 1.82) is 0 Å². The largest absolute Gasteiger partial charge is 0.330 e. The lowest BCUT2D eigenvalue weighted by Crippen LogP contribution is -2.31. The summed E-state index contributed by atoms with van der Waals surface area (Å²) >= 11 is 0. The van der Waals surface area contributed by atoms with Crippen LogP contribution in [0.15, 0.2) is 0 Å². The standard InChI is InChI=1S/C8H15N5/c1-12-4-5-13-7(2-3-9)10-11-8(13)6-12/h2-6,9H2,1H3. The molecule has 1 aromatic heterocycles. The maximum atomic E-state index is 5.49. The third kappa shape index (κ3) is 1.57. The molecule has 1 aromatic rings. The first kappa shape index (κ1) is 8.65. The van der Waals surface area contributed by atoms with Crippen molar-refractivity contribution in [3.05, 3.63) is 11.6 Å². The van der Waals surface area contributed by atoms with Crippen molar-refractivity contribution in [2.45, 2.75) is 19.5 Å². The summed E-state index contributed by atoms with van der Waals surface area (Å²) in [6, 6.07) is 0. The number of nitrogens with two attached hydrogens (primary N) is 1. The minimum atomic E-state index is 0.647. The van der Waals surface area contributed by atoms with Gasteiger partial charge in [-0.05, 0) is 13.6 Å². The first-order chi connectivity index (χ1) is 6.31. The average molecular weight is 181 g/mol. The van der Waals surface area contributed by atoms with Gasteiger partial charge in [0.25, 0.3) is 0 Å². The Morgan fingerprint density at radius 2 is 2.23 bits per heavy atom. The fourth-order valence-corrected chi connectivity index (χ4v) is 1.65. The predicted octanol–water partition coefficient (Wildman–Crippen LogP) is -0.775. The van der Waals surface area contributed by atoms with Crippen LogP contribution in [0, 0.1) is 0 Å². The van der Waals surface area contributed by atoms with Crippen LogP contribution in [0.1, 0.15) is 11.6 Å². The van der Waals surface area contributed by atoms with Crippen molar-refractivity contribution < 1.29 is 0 Å². The molecule has 0 spiro atoms. The SMILES string of the molecule is CN1CCn2c(CCN)nnc2C1. The minimum Gasteiger partial charge on any atom is -0.330 e. The van der Waals surface area contributed by atoms with E-state index in [9.17, 15) is 0 Å². The Bertz CT molecular complexity index is 279. The molecular weight excluding hydrogens is 166 g/mol. The third-order valence-electron chi connectivity index (χ3n) is 2.39. The molecule has 0 bridgehead atoms. The van der Waals surface area contributed by atoms with Gasteiger partial charge in [-0.3, -0.25) is 4.90 Å². The summed E-state index contributed by atoms with van der Waals surface area (Å²) in [5.74, 6) is 2.10. The molecule has 2 rings (SSSR count). The molecule has 5 nitrogen and oxygen atoms in total. The second kappa shape index (κ2) is 3.43. The summed E-state index contributed by atoms with van der Waals surface area (Å²) in [6.07, 6.45) is 0.830. The summed E-state index contributed by atoms with van der Waals surface area (Å²) in [4.78, 5) is 2.25. The van der Waals surface area contributed by atoms with Crippen molar-refractivity contribution in [2.24, 2.45) is 5.73 Å². The van der Waals surface area contributed by atoms with Crippen LogP contribution in [0.3, 0.4) is 0 Å². The Hall–Kier alpha value is -0.940. The van der Waals surface area contributed by atoms with E-state index in [-0.39, 0.29) is 0 Å². The molecule has 0 atom stereocenters. The van der Waals surface area contributed by atoms with Gasteiger partial charge in [0.05, 0.1) is 6.54 Å². The van der Waals surface area contributed by atoms with Crippen LogP contribution >= 0.6 is 0 Å². The normalized spacial score (nSPS) is 17.4. The lowest BCUT2D eigenvalue weighted by atomic mass is 10.3. The van der Waals surface area contributed by atoms with E-state index in [1.165, 1.54) is 0 Å². The molecule has 0 radical (unpaired) electrons. The highest BCUT2D eigenvalue weighted by molar-refractivity contribution is 4.99. The van der Waals surface area contributed by atoms with Crippen LogP contribution < -0.4 is 5.73 Å². The fraction of sp³-hybridized carbons (Fsp3) is 0.750. The number of rotatable bonds is 2. The molecule has 2 N–H and O–H groups in total. The van der Waals surface area contributed by atoms with E-state index in [1.54, 1.807) is 0 Å². The Morgan fingerprint density at radius 3 is 3.00 bits per heavy atom. The Labute approximate surface area is 77.5 Å². The monoisotopic (exact) mass is 181 g/mol. The van der Waals surface area contributed by atoms with Crippen molar-refractivity contribution in [3.8, 4) is 0 Å². The van der Waals surface area contributed by atoms with E-state index in [1.807, 2.05) is 0 Å². The molecular formula is C8H15N5. The topological polar surface area (TPSA) is 60.0 Å². The number of hydrogen-bond donors (Lipinski definition) is 1. The fourth-order valence-electron chi connectivity index (χ4n) is 1.65. The highest BCUT2D eigenvalue weighted by Crippen LogP contribution is 2.10. The molecule has 0 saturated carbocycles. The van der Waals surface area contributed by atoms with Gasteiger partial charge in [0.2, 0.25) is 0 Å². The first-order valence-corrected chi connectivity index (χ1v) is 4.61. The molecule has 13 heavy (non-hydrogen) atoms. The van der Waals surface area contributed by atoms with E-state index in [2.05, 4.69) is 26.7 Å². The van der Waals surface area contributed by atoms with Gasteiger partial charge in [-0.2, -0.15) is 0 Å². The van der Waals surface area contributed by atoms with Crippen LogP contribution in [0.25, 0.3) is 0 Å². The minimum absolute atomic E-state index is 0.647. The molecule has 0 aromatic carbocycles. The number of fused-ring (bicyclic) bond motifs is 1. The Balaban J connectivity index is 2.23. The van der Waals surface area contributed by atoms with E-state index in [0.29, 0.717) is 6.54 Å². The molecule has 5 heteroatoms. The summed E-state index contributed by atoms with van der Waals surface area (Å²) in [6.45, 7) is 3.61. The second-order valence-corrected chi connectivity index (χ2v) is 3.46. The number of likely N-dealkylation sites (N-methyl/N-ethyl adjacent to an activating group) is 1. The quantitative estimate of drug-likeness (QED) is 0.650. The Kier molecular flexibility index (Phi) is 2.28. The molecule has 1 aliphatic rings. The molecule has 0 fully saturated rings. The zero-order chi connectivity index (χ0) is 9.26. The van der Waals surface area contributed by atoms with Gasteiger partial charge in [0.1, 0.15) is 11.6 Å². The summed E-state index contributed by atoms with van der Waals surface area (Å²) in [5.41, 5.74) is 5.49. The smallest absolute Gasteiger partial charge is 0.147 e. The van der Waals surface area contributed by atoms with Crippen LogP contribution in [0.4, 0.5) is 0 Å². The highest BCUT2D eigenvalue weighted by Gasteiger charge is 2.17. The van der Waals surface area contributed by atoms with Crippen molar-refractivity contribution in [2.75, 3.05) is 20.1 Å². The van der Waals surface area contributed by atoms with Gasteiger partial charge >= 0.3 is 0 Å². The molecule has 72 valence electrons. The van der Waals surface area contributed by atoms with Crippen LogP contribution in [-0.4, -0.2) is 39.8 Å². The molecule has 0 amide bonds. The highest BCUT2D eigenvalue weighted by atomic mass is 15.3. The first-order valence-electron chi connectivity index (χ1n) is 4.61. The van der Waals surface area contributed by atoms with E-state index >= 15 is 0 Å². The average Bonchev–Trinajstić information content (AvgIpc) is 2.49. The zero-order valence-electron chi connectivity index (χ0n) is 7.90. The zero-order valence-corrected chi connectivity index (χ0v) is 7.90. The van der Waals surface area contributed by atoms with Gasteiger partial charge in [0.15, 0.2) is 0 Å². The molecule has 0 unspecified atom stereocenters. The Morgan fingerprint density at radius 1 is 1.38 bits per heavy atom. The van der Waals surface area contributed by atoms with Gasteiger partial charge in [-0.15, -0.1) is 10.2 Å². The number of nitrogens with zero attached hydrogens (tertiary/aromatic N) is 4. The van der Waals surface area contributed by atoms with Crippen LogP contribution in [0.2, 0.25) is 0 Å². The molecule has 1 aliphatic heterocycles. The number of aromatic nitrogens is 3. The second-order valence-electron chi connectivity index (χ2n) is 3.46. The lowest BCUT2D eigenvalue weighted by molar-refractivity contribution is 0.262. The van der Waals surface area contributed by atoms with Gasteiger partial charge in [-0.1, -0.05) is 0 Å². The lowest BCUT2D eigenvalue weighted by Gasteiger charge is -2.23. The van der Waals surface area contributed by atoms with Crippen molar-refractivity contribution >= 4 is 0 Å². The van der Waals surface area contributed by atoms with Crippen LogP contribution in [-0.2, 0) is 19.5 Å². The van der Waals surface area contributed by atoms with Gasteiger partial charge in [0, 0.05) is 19.5 Å². The molecule has 0 saturated heterocycles. The van der Waals surface area contributed by atoms with Crippen molar-refractivity contribution in [3.63, 3.8) is 0 Å². The summed E-state index contributed by atoms with van der Waals surface area (Å²) in [5, 5.41) is 8.27. The van der Waals surface area contributed by atoms with Gasteiger partial charge < -0.3 is 10.3 Å². The maximum absolute atomic E-state index is 5.49. The molecule has 0 aliphatic carbocycles. The predicted molar refractivity (Wildman–Crippen MR) is 49.1 cm³/mol. The van der Waals surface area contributed by atoms with Crippen LogP contribution in [0.5, 0.6) is 0 Å². The molecule has 2 heterocycles. The van der Waals surface area contributed by atoms with E-state index < -0.39 is 0 Å². The van der Waals surface area contributed by atoms with E-state index in [4.69, 9.17) is 5.73 Å². The summed E-state index contributed by atoms with van der Waals surface area (Å²) < 4.78 is 2.19. The number of hydrogen-bond acceptors (Lipinski definition) is 4. The maximum Gasteiger partial charge on any atom is 0.147 e.